The molecule has 98 valence electrons. The van der Waals surface area contributed by atoms with Crippen molar-refractivity contribution in [3.05, 3.63) is 21.9 Å². The smallest absolute Gasteiger partial charge is 0.213 e. The zero-order chi connectivity index (χ0) is 12.7. The molecule has 0 saturated heterocycles. The molecule has 0 amide bonds. The van der Waals surface area contributed by atoms with Crippen molar-refractivity contribution in [2.45, 2.75) is 26.8 Å². The largest absolute Gasteiger partial charge is 0.316 e. The van der Waals surface area contributed by atoms with Gasteiger partial charge in [0.25, 0.3) is 0 Å². The van der Waals surface area contributed by atoms with Crippen LogP contribution in [0, 0.1) is 0 Å². The molecule has 1 rings (SSSR count). The topological polar surface area (TPSA) is 58.2 Å². The zero-order valence-corrected chi connectivity index (χ0v) is 12.0. The number of hydrogen-bond donors (Lipinski definition) is 2. The van der Waals surface area contributed by atoms with Gasteiger partial charge in [-0.15, -0.1) is 11.3 Å². The first kappa shape index (κ1) is 14.6. The highest BCUT2D eigenvalue weighted by Gasteiger charge is 2.11. The second-order valence-electron chi connectivity index (χ2n) is 3.72. The quantitative estimate of drug-likeness (QED) is 0.705. The molecule has 4 nitrogen and oxygen atoms in total. The summed E-state index contributed by atoms with van der Waals surface area (Å²) in [6.07, 6.45) is 0.942. The fourth-order valence-corrected chi connectivity index (χ4v) is 3.40. The first-order valence-corrected chi connectivity index (χ1v) is 8.35. The SMILES string of the molecule is CCNCCS(=O)(=O)NCc1sccc1CC. The van der Waals surface area contributed by atoms with Gasteiger partial charge < -0.3 is 5.32 Å². The van der Waals surface area contributed by atoms with E-state index in [1.165, 1.54) is 5.56 Å². The van der Waals surface area contributed by atoms with Gasteiger partial charge in [0.05, 0.1) is 5.75 Å². The Bertz CT molecular complexity index is 426. The summed E-state index contributed by atoms with van der Waals surface area (Å²) in [6, 6.07) is 2.05. The molecule has 0 saturated carbocycles. The molecule has 1 heterocycles. The molecule has 0 aromatic carbocycles. The molecule has 2 N–H and O–H groups in total. The Morgan fingerprint density at radius 2 is 2.12 bits per heavy atom. The summed E-state index contributed by atoms with van der Waals surface area (Å²) < 4.78 is 25.9. The Kier molecular flexibility index (Phi) is 6.11. The Morgan fingerprint density at radius 3 is 2.76 bits per heavy atom. The second-order valence-corrected chi connectivity index (χ2v) is 6.64. The molecule has 0 radical (unpaired) electrons. The van der Waals surface area contributed by atoms with Gasteiger partial charge in [0, 0.05) is 18.0 Å². The minimum atomic E-state index is -3.16. The summed E-state index contributed by atoms with van der Waals surface area (Å²) >= 11 is 1.60. The van der Waals surface area contributed by atoms with Crippen molar-refractivity contribution < 1.29 is 8.42 Å². The maximum atomic E-state index is 11.7. The normalized spacial score (nSPS) is 11.9. The van der Waals surface area contributed by atoms with E-state index < -0.39 is 10.0 Å². The molecule has 0 aliphatic heterocycles. The third-order valence-corrected chi connectivity index (χ3v) is 4.76. The van der Waals surface area contributed by atoms with Crippen LogP contribution in [0.25, 0.3) is 0 Å². The first-order valence-electron chi connectivity index (χ1n) is 5.82. The van der Waals surface area contributed by atoms with Crippen LogP contribution in [0.1, 0.15) is 24.3 Å². The fraction of sp³-hybridized carbons (Fsp3) is 0.636. The van der Waals surface area contributed by atoms with Crippen molar-refractivity contribution in [1.29, 1.82) is 0 Å². The van der Waals surface area contributed by atoms with Gasteiger partial charge in [0.15, 0.2) is 0 Å². The highest BCUT2D eigenvalue weighted by atomic mass is 32.2. The highest BCUT2D eigenvalue weighted by molar-refractivity contribution is 7.89. The van der Waals surface area contributed by atoms with Gasteiger partial charge in [-0.25, -0.2) is 13.1 Å². The number of nitrogens with one attached hydrogen (secondary N) is 2. The van der Waals surface area contributed by atoms with Crippen molar-refractivity contribution in [3.8, 4) is 0 Å². The molecule has 17 heavy (non-hydrogen) atoms. The number of sulfonamides is 1. The number of aryl methyl sites for hydroxylation is 1. The second kappa shape index (κ2) is 7.10. The van der Waals surface area contributed by atoms with Crippen LogP contribution in [0.3, 0.4) is 0 Å². The molecular weight excluding hydrogens is 256 g/mol. The lowest BCUT2D eigenvalue weighted by atomic mass is 10.2. The lowest BCUT2D eigenvalue weighted by Crippen LogP contribution is -2.31. The Hall–Kier alpha value is -0.430. The van der Waals surface area contributed by atoms with E-state index in [2.05, 4.69) is 17.0 Å². The van der Waals surface area contributed by atoms with Crippen molar-refractivity contribution in [2.75, 3.05) is 18.8 Å². The van der Waals surface area contributed by atoms with Gasteiger partial charge in [-0.05, 0) is 30.0 Å². The Morgan fingerprint density at radius 1 is 1.35 bits per heavy atom. The van der Waals surface area contributed by atoms with Crippen LogP contribution < -0.4 is 10.0 Å². The average molecular weight is 276 g/mol. The van der Waals surface area contributed by atoms with E-state index in [1.807, 2.05) is 18.4 Å². The third-order valence-electron chi connectivity index (χ3n) is 2.47. The lowest BCUT2D eigenvalue weighted by Gasteiger charge is -2.07. The van der Waals surface area contributed by atoms with Crippen LogP contribution in [0.15, 0.2) is 11.4 Å². The van der Waals surface area contributed by atoms with E-state index in [-0.39, 0.29) is 5.75 Å². The Balaban J connectivity index is 2.44. The van der Waals surface area contributed by atoms with E-state index in [9.17, 15) is 8.42 Å². The fourth-order valence-electron chi connectivity index (χ4n) is 1.47. The predicted octanol–water partition coefficient (Wildman–Crippen LogP) is 1.34. The van der Waals surface area contributed by atoms with Gasteiger partial charge in [0.2, 0.25) is 10.0 Å². The monoisotopic (exact) mass is 276 g/mol. The third kappa shape index (κ3) is 5.16. The summed E-state index contributed by atoms with van der Waals surface area (Å²) in [6.45, 7) is 5.73. The highest BCUT2D eigenvalue weighted by Crippen LogP contribution is 2.17. The number of rotatable bonds is 8. The first-order chi connectivity index (χ1) is 8.09. The zero-order valence-electron chi connectivity index (χ0n) is 10.3. The number of hydrogen-bond acceptors (Lipinski definition) is 4. The predicted molar refractivity (Wildman–Crippen MR) is 72.9 cm³/mol. The van der Waals surface area contributed by atoms with Crippen LogP contribution in [0.4, 0.5) is 0 Å². The van der Waals surface area contributed by atoms with E-state index in [1.54, 1.807) is 11.3 Å². The van der Waals surface area contributed by atoms with Crippen molar-refractivity contribution in [1.82, 2.24) is 10.0 Å². The van der Waals surface area contributed by atoms with E-state index >= 15 is 0 Å². The molecule has 6 heteroatoms. The van der Waals surface area contributed by atoms with Crippen molar-refractivity contribution in [3.63, 3.8) is 0 Å². The molecular formula is C11H20N2O2S2. The molecule has 0 unspecified atom stereocenters. The van der Waals surface area contributed by atoms with Gasteiger partial charge in [0.1, 0.15) is 0 Å². The van der Waals surface area contributed by atoms with E-state index in [0.717, 1.165) is 17.8 Å². The molecule has 0 atom stereocenters. The minimum Gasteiger partial charge on any atom is -0.316 e. The van der Waals surface area contributed by atoms with Crippen molar-refractivity contribution in [2.24, 2.45) is 0 Å². The molecule has 1 aromatic heterocycles. The average Bonchev–Trinajstić information content (AvgIpc) is 2.74. The van der Waals surface area contributed by atoms with Crippen LogP contribution in [-0.4, -0.2) is 27.3 Å². The van der Waals surface area contributed by atoms with Crippen molar-refractivity contribution >= 4 is 21.4 Å². The molecule has 0 spiro atoms. The van der Waals surface area contributed by atoms with Gasteiger partial charge in [-0.2, -0.15) is 0 Å². The molecule has 0 fully saturated rings. The summed E-state index contributed by atoms with van der Waals surface area (Å²) in [4.78, 5) is 1.11. The summed E-state index contributed by atoms with van der Waals surface area (Å²) in [5, 5.41) is 5.00. The van der Waals surface area contributed by atoms with Gasteiger partial charge in [-0.1, -0.05) is 13.8 Å². The summed E-state index contributed by atoms with van der Waals surface area (Å²) in [5.41, 5.74) is 1.23. The van der Waals surface area contributed by atoms with Gasteiger partial charge in [-0.3, -0.25) is 0 Å². The minimum absolute atomic E-state index is 0.133. The van der Waals surface area contributed by atoms with Crippen LogP contribution >= 0.6 is 11.3 Å². The Labute approximate surface area is 107 Å². The summed E-state index contributed by atoms with van der Waals surface area (Å²) in [7, 11) is -3.16. The standard InChI is InChI=1S/C11H20N2O2S2/c1-3-10-5-7-16-11(10)9-13-17(14,15)8-6-12-4-2/h5,7,12-13H,3-4,6,8-9H2,1-2H3. The number of thiophene rings is 1. The maximum absolute atomic E-state index is 11.7. The molecule has 0 aliphatic rings. The van der Waals surface area contributed by atoms with Crippen LogP contribution in [0.5, 0.6) is 0 Å². The molecule has 1 aromatic rings. The summed E-state index contributed by atoms with van der Waals surface area (Å²) in [5.74, 6) is 0.133. The molecule has 0 bridgehead atoms. The molecule has 0 aliphatic carbocycles. The van der Waals surface area contributed by atoms with E-state index in [0.29, 0.717) is 13.1 Å². The maximum Gasteiger partial charge on any atom is 0.213 e. The van der Waals surface area contributed by atoms with Crippen LogP contribution in [0.2, 0.25) is 0 Å². The van der Waals surface area contributed by atoms with Gasteiger partial charge >= 0.3 is 0 Å². The van der Waals surface area contributed by atoms with E-state index in [4.69, 9.17) is 0 Å². The van der Waals surface area contributed by atoms with Crippen LogP contribution in [-0.2, 0) is 23.0 Å². The lowest BCUT2D eigenvalue weighted by molar-refractivity contribution is 0.577.